The maximum atomic E-state index is 6.21. The van der Waals surface area contributed by atoms with Crippen LogP contribution in [0.2, 0.25) is 0 Å². The molecular weight excluding hydrogens is 583 g/mol. The minimum atomic E-state index is 0.916. The van der Waals surface area contributed by atoms with Crippen molar-refractivity contribution in [1.29, 1.82) is 0 Å². The van der Waals surface area contributed by atoms with Crippen LogP contribution in [0.4, 0.5) is 17.1 Å². The van der Waals surface area contributed by atoms with E-state index in [4.69, 9.17) is 4.42 Å². The van der Waals surface area contributed by atoms with E-state index in [9.17, 15) is 0 Å². The van der Waals surface area contributed by atoms with Crippen molar-refractivity contribution in [2.24, 2.45) is 0 Å². The molecule has 2 heteroatoms. The number of anilines is 3. The van der Waals surface area contributed by atoms with Crippen molar-refractivity contribution < 1.29 is 4.42 Å². The first kappa shape index (κ1) is 26.8. The maximum absolute atomic E-state index is 6.21. The van der Waals surface area contributed by atoms with E-state index in [-0.39, 0.29) is 0 Å². The molecule has 0 aliphatic rings. The van der Waals surface area contributed by atoms with Gasteiger partial charge < -0.3 is 9.32 Å². The average Bonchev–Trinajstić information content (AvgIpc) is 3.51. The van der Waals surface area contributed by atoms with Crippen LogP contribution in [0.1, 0.15) is 0 Å². The van der Waals surface area contributed by atoms with Gasteiger partial charge in [-0.25, -0.2) is 0 Å². The molecule has 48 heavy (non-hydrogen) atoms. The standard InChI is InChI=1S/C46H29NO/c1-2-8-30(9-3-1)31-18-21-37(22-19-31)47(38-23-20-34-29-45-43(28-36(34)27-38)42-12-6-7-13-44(42)48-45)39-24-25-41-35(26-39)17-16-33-15-14-32-10-4-5-11-40(32)46(33)41/h1-29H. The average molecular weight is 612 g/mol. The van der Waals surface area contributed by atoms with E-state index in [0.717, 1.165) is 44.4 Å². The summed E-state index contributed by atoms with van der Waals surface area (Å²) < 4.78 is 6.21. The third-order valence-corrected chi connectivity index (χ3v) is 9.78. The number of benzene rings is 9. The highest BCUT2D eigenvalue weighted by atomic mass is 16.3. The molecule has 0 radical (unpaired) electrons. The van der Waals surface area contributed by atoms with Gasteiger partial charge >= 0.3 is 0 Å². The molecule has 224 valence electrons. The number of rotatable bonds is 4. The van der Waals surface area contributed by atoms with Gasteiger partial charge in [0.05, 0.1) is 0 Å². The Hall–Kier alpha value is -6.38. The highest BCUT2D eigenvalue weighted by Gasteiger charge is 2.16. The van der Waals surface area contributed by atoms with Crippen molar-refractivity contribution in [3.8, 4) is 11.1 Å². The minimum absolute atomic E-state index is 0.916. The number of para-hydroxylation sites is 1. The molecule has 0 aliphatic carbocycles. The summed E-state index contributed by atoms with van der Waals surface area (Å²) >= 11 is 0. The van der Waals surface area contributed by atoms with E-state index >= 15 is 0 Å². The Labute approximate surface area is 277 Å². The lowest BCUT2D eigenvalue weighted by molar-refractivity contribution is 0.669. The second-order valence-electron chi connectivity index (χ2n) is 12.6. The first-order chi connectivity index (χ1) is 23.8. The Bertz CT molecular complexity index is 2830. The van der Waals surface area contributed by atoms with Crippen LogP contribution >= 0.6 is 0 Å². The molecule has 0 unspecified atom stereocenters. The first-order valence-corrected chi connectivity index (χ1v) is 16.4. The van der Waals surface area contributed by atoms with Crippen molar-refractivity contribution in [3.63, 3.8) is 0 Å². The summed E-state index contributed by atoms with van der Waals surface area (Å²) in [7, 11) is 0. The molecule has 0 saturated heterocycles. The van der Waals surface area contributed by atoms with Crippen LogP contribution in [-0.4, -0.2) is 0 Å². The molecular formula is C46H29NO. The van der Waals surface area contributed by atoms with E-state index in [1.165, 1.54) is 48.8 Å². The van der Waals surface area contributed by atoms with E-state index in [1.54, 1.807) is 0 Å². The zero-order chi connectivity index (χ0) is 31.6. The van der Waals surface area contributed by atoms with Crippen molar-refractivity contribution >= 4 is 82.1 Å². The molecule has 1 aromatic heterocycles. The van der Waals surface area contributed by atoms with Crippen molar-refractivity contribution in [2.45, 2.75) is 0 Å². The van der Waals surface area contributed by atoms with Gasteiger partial charge in [0.25, 0.3) is 0 Å². The predicted octanol–water partition coefficient (Wildman–Crippen LogP) is 13.3. The van der Waals surface area contributed by atoms with Crippen LogP contribution in [0.3, 0.4) is 0 Å². The summed E-state index contributed by atoms with van der Waals surface area (Å²) in [5.74, 6) is 0. The fourth-order valence-corrected chi connectivity index (χ4v) is 7.44. The molecule has 10 aromatic rings. The van der Waals surface area contributed by atoms with Gasteiger partial charge in [0.2, 0.25) is 0 Å². The summed E-state index contributed by atoms with van der Waals surface area (Å²) in [6, 6.07) is 63.5. The van der Waals surface area contributed by atoms with Crippen LogP contribution in [0.15, 0.2) is 180 Å². The molecule has 9 aromatic carbocycles. The smallest absolute Gasteiger partial charge is 0.136 e. The predicted molar refractivity (Wildman–Crippen MR) is 204 cm³/mol. The molecule has 0 bridgehead atoms. The van der Waals surface area contributed by atoms with Gasteiger partial charge in [0.1, 0.15) is 11.2 Å². The minimum Gasteiger partial charge on any atom is -0.456 e. The number of hydrogen-bond acceptors (Lipinski definition) is 2. The van der Waals surface area contributed by atoms with Gasteiger partial charge in [0, 0.05) is 27.8 Å². The van der Waals surface area contributed by atoms with E-state index in [2.05, 4.69) is 169 Å². The van der Waals surface area contributed by atoms with E-state index < -0.39 is 0 Å². The zero-order valence-corrected chi connectivity index (χ0v) is 26.1. The molecule has 0 fully saturated rings. The van der Waals surface area contributed by atoms with Gasteiger partial charge in [-0.05, 0) is 109 Å². The zero-order valence-electron chi connectivity index (χ0n) is 26.1. The maximum Gasteiger partial charge on any atom is 0.136 e. The first-order valence-electron chi connectivity index (χ1n) is 16.4. The second-order valence-corrected chi connectivity index (χ2v) is 12.6. The summed E-state index contributed by atoms with van der Waals surface area (Å²) in [5, 5.41) is 12.2. The van der Waals surface area contributed by atoms with Gasteiger partial charge in [-0.15, -0.1) is 0 Å². The molecule has 1 heterocycles. The fraction of sp³-hybridized carbons (Fsp3) is 0. The van der Waals surface area contributed by atoms with Crippen molar-refractivity contribution in [3.05, 3.63) is 176 Å². The summed E-state index contributed by atoms with van der Waals surface area (Å²) in [4.78, 5) is 2.37. The molecule has 0 aliphatic heterocycles. The second kappa shape index (κ2) is 10.6. The molecule has 0 N–H and O–H groups in total. The van der Waals surface area contributed by atoms with Crippen LogP contribution in [0.5, 0.6) is 0 Å². The fourth-order valence-electron chi connectivity index (χ4n) is 7.44. The molecule has 2 nitrogen and oxygen atoms in total. The summed E-state index contributed by atoms with van der Waals surface area (Å²) in [6.07, 6.45) is 0. The number of hydrogen-bond donors (Lipinski definition) is 0. The molecule has 0 spiro atoms. The molecule has 0 saturated carbocycles. The number of fused-ring (bicyclic) bond motifs is 9. The molecule has 0 amide bonds. The van der Waals surface area contributed by atoms with Crippen LogP contribution in [-0.2, 0) is 0 Å². The van der Waals surface area contributed by atoms with Gasteiger partial charge in [-0.1, -0.05) is 121 Å². The quantitative estimate of drug-likeness (QED) is 0.184. The SMILES string of the molecule is c1ccc(-c2ccc(N(c3ccc4cc5oc6ccccc6c5cc4c3)c3ccc4c(ccc5ccc6ccccc6c54)c3)cc2)cc1. The highest BCUT2D eigenvalue weighted by molar-refractivity contribution is 6.20. The lowest BCUT2D eigenvalue weighted by Crippen LogP contribution is -2.10. The third-order valence-electron chi connectivity index (χ3n) is 9.78. The highest BCUT2D eigenvalue weighted by Crippen LogP contribution is 2.41. The number of nitrogens with zero attached hydrogens (tertiary/aromatic N) is 1. The van der Waals surface area contributed by atoms with Crippen molar-refractivity contribution in [2.75, 3.05) is 4.90 Å². The Morgan fingerprint density at radius 1 is 0.312 bits per heavy atom. The Kier molecular flexibility index (Phi) is 5.91. The summed E-state index contributed by atoms with van der Waals surface area (Å²) in [5.41, 5.74) is 7.57. The number of furan rings is 1. The van der Waals surface area contributed by atoms with Gasteiger partial charge in [-0.2, -0.15) is 0 Å². The molecule has 10 rings (SSSR count). The summed E-state index contributed by atoms with van der Waals surface area (Å²) in [6.45, 7) is 0. The van der Waals surface area contributed by atoms with Gasteiger partial charge in [0.15, 0.2) is 0 Å². The normalized spacial score (nSPS) is 11.8. The van der Waals surface area contributed by atoms with E-state index in [1.807, 2.05) is 12.1 Å². The molecule has 0 atom stereocenters. The van der Waals surface area contributed by atoms with Crippen LogP contribution < -0.4 is 4.90 Å². The topological polar surface area (TPSA) is 16.4 Å². The Morgan fingerprint density at radius 3 is 1.77 bits per heavy atom. The van der Waals surface area contributed by atoms with Gasteiger partial charge in [-0.3, -0.25) is 0 Å². The van der Waals surface area contributed by atoms with Crippen molar-refractivity contribution in [1.82, 2.24) is 0 Å². The monoisotopic (exact) mass is 611 g/mol. The third kappa shape index (κ3) is 4.27. The largest absolute Gasteiger partial charge is 0.456 e. The van der Waals surface area contributed by atoms with E-state index in [0.29, 0.717) is 0 Å². The Morgan fingerprint density at radius 2 is 0.917 bits per heavy atom. The lowest BCUT2D eigenvalue weighted by Gasteiger charge is -2.26. The lowest BCUT2D eigenvalue weighted by atomic mass is 9.96. The van der Waals surface area contributed by atoms with Crippen LogP contribution in [0.25, 0.3) is 76.2 Å². The Balaban J connectivity index is 1.17. The van der Waals surface area contributed by atoms with Crippen LogP contribution in [0, 0.1) is 0 Å².